The van der Waals surface area contributed by atoms with Crippen LogP contribution in [0, 0.1) is 0 Å². The Hall–Kier alpha value is -2.05. The van der Waals surface area contributed by atoms with Gasteiger partial charge in [-0.1, -0.05) is 34.5 Å². The molecule has 0 aliphatic rings. The van der Waals surface area contributed by atoms with Crippen molar-refractivity contribution in [3.63, 3.8) is 0 Å². The molecule has 0 saturated carbocycles. The molecule has 2 aromatic rings. The van der Waals surface area contributed by atoms with E-state index in [4.69, 9.17) is 16.3 Å². The lowest BCUT2D eigenvalue weighted by Crippen LogP contribution is -2.15. The molecular formula is C19H20BrClN2O3. The lowest BCUT2D eigenvalue weighted by Gasteiger charge is -2.13. The van der Waals surface area contributed by atoms with Crippen LogP contribution in [0.25, 0.3) is 0 Å². The summed E-state index contributed by atoms with van der Waals surface area (Å²) in [6.45, 7) is 4.23. The number of nitrogens with one attached hydrogen (secondary N) is 2. The lowest BCUT2D eigenvalue weighted by molar-refractivity contribution is -0.116. The summed E-state index contributed by atoms with van der Waals surface area (Å²) in [7, 11) is 0. The zero-order chi connectivity index (χ0) is 19.1. The molecule has 0 heterocycles. The number of hydrogen-bond donors (Lipinski definition) is 2. The fourth-order valence-electron chi connectivity index (χ4n) is 2.30. The van der Waals surface area contributed by atoms with Gasteiger partial charge in [0, 0.05) is 16.6 Å². The zero-order valence-corrected chi connectivity index (χ0v) is 16.9. The van der Waals surface area contributed by atoms with Crippen molar-refractivity contribution in [3.8, 4) is 5.75 Å². The molecule has 0 atom stereocenters. The number of amides is 2. The molecule has 2 rings (SSSR count). The van der Waals surface area contributed by atoms with Crippen molar-refractivity contribution in [1.82, 2.24) is 0 Å². The topological polar surface area (TPSA) is 67.4 Å². The van der Waals surface area contributed by atoms with Crippen LogP contribution in [0.3, 0.4) is 0 Å². The first-order valence-corrected chi connectivity index (χ1v) is 9.44. The first-order valence-electron chi connectivity index (χ1n) is 8.27. The second-order valence-corrected chi connectivity index (χ2v) is 6.84. The van der Waals surface area contributed by atoms with E-state index in [1.54, 1.807) is 36.4 Å². The molecule has 0 aliphatic heterocycles. The van der Waals surface area contributed by atoms with Gasteiger partial charge in [-0.3, -0.25) is 9.59 Å². The van der Waals surface area contributed by atoms with E-state index < -0.39 is 0 Å². The third-order valence-corrected chi connectivity index (χ3v) is 4.28. The summed E-state index contributed by atoms with van der Waals surface area (Å²) >= 11 is 9.55. The summed E-state index contributed by atoms with van der Waals surface area (Å²) < 4.78 is 6.27. The van der Waals surface area contributed by atoms with E-state index in [2.05, 4.69) is 26.6 Å². The molecule has 138 valence electrons. The van der Waals surface area contributed by atoms with Gasteiger partial charge in [0.05, 0.1) is 22.9 Å². The summed E-state index contributed by atoms with van der Waals surface area (Å²) in [6, 6.07) is 10.2. The first-order chi connectivity index (χ1) is 12.4. The van der Waals surface area contributed by atoms with Crippen molar-refractivity contribution in [1.29, 1.82) is 0 Å². The summed E-state index contributed by atoms with van der Waals surface area (Å²) in [4.78, 5) is 24.4. The Balaban J connectivity index is 2.23. The van der Waals surface area contributed by atoms with Gasteiger partial charge in [-0.15, -0.1) is 0 Å². The molecule has 7 heteroatoms. The summed E-state index contributed by atoms with van der Waals surface area (Å²) in [5.74, 6) is 0.0446. The molecule has 5 nitrogen and oxygen atoms in total. The molecule has 0 saturated heterocycles. The summed E-state index contributed by atoms with van der Waals surface area (Å²) in [5, 5.41) is 5.93. The Labute approximate surface area is 166 Å². The number of hydrogen-bond acceptors (Lipinski definition) is 3. The predicted molar refractivity (Wildman–Crippen MR) is 108 cm³/mol. The van der Waals surface area contributed by atoms with Gasteiger partial charge in [-0.05, 0) is 49.7 Å². The molecule has 0 bridgehead atoms. The third-order valence-electron chi connectivity index (χ3n) is 3.46. The average Bonchev–Trinajstić information content (AvgIpc) is 2.59. The van der Waals surface area contributed by atoms with E-state index in [9.17, 15) is 9.59 Å². The van der Waals surface area contributed by atoms with Crippen molar-refractivity contribution in [3.05, 3.63) is 51.5 Å². The van der Waals surface area contributed by atoms with Gasteiger partial charge < -0.3 is 15.4 Å². The molecule has 2 amide bonds. The number of benzene rings is 2. The van der Waals surface area contributed by atoms with E-state index in [1.807, 2.05) is 13.8 Å². The van der Waals surface area contributed by atoms with E-state index in [0.29, 0.717) is 40.7 Å². The Bertz CT molecular complexity index is 811. The number of anilines is 2. The first kappa shape index (κ1) is 20.3. The second kappa shape index (κ2) is 9.59. The maximum Gasteiger partial charge on any atom is 0.259 e. The molecule has 2 N–H and O–H groups in total. The molecular weight excluding hydrogens is 420 g/mol. The van der Waals surface area contributed by atoms with Gasteiger partial charge in [0.15, 0.2) is 0 Å². The van der Waals surface area contributed by atoms with Crippen molar-refractivity contribution in [2.75, 3.05) is 17.2 Å². The lowest BCUT2D eigenvalue weighted by atomic mass is 10.1. The van der Waals surface area contributed by atoms with Crippen LogP contribution in [0.2, 0.25) is 5.02 Å². The van der Waals surface area contributed by atoms with Crippen molar-refractivity contribution < 1.29 is 14.3 Å². The Morgan fingerprint density at radius 2 is 1.88 bits per heavy atom. The number of carbonyl (C=O) groups excluding carboxylic acids is 2. The minimum Gasteiger partial charge on any atom is -0.493 e. The monoisotopic (exact) mass is 438 g/mol. The summed E-state index contributed by atoms with van der Waals surface area (Å²) in [5.41, 5.74) is 1.37. The van der Waals surface area contributed by atoms with Crippen molar-refractivity contribution in [2.24, 2.45) is 0 Å². The predicted octanol–water partition coefficient (Wildman–Crippen LogP) is 5.49. The van der Waals surface area contributed by atoms with Crippen LogP contribution in [-0.4, -0.2) is 18.4 Å². The van der Waals surface area contributed by atoms with Crippen LogP contribution < -0.4 is 15.4 Å². The molecule has 26 heavy (non-hydrogen) atoms. The van der Waals surface area contributed by atoms with Gasteiger partial charge in [0.25, 0.3) is 5.91 Å². The molecule has 0 aromatic heterocycles. The molecule has 0 fully saturated rings. The molecule has 0 radical (unpaired) electrons. The van der Waals surface area contributed by atoms with Crippen molar-refractivity contribution >= 4 is 50.7 Å². The van der Waals surface area contributed by atoms with Crippen LogP contribution in [0.4, 0.5) is 11.4 Å². The smallest absolute Gasteiger partial charge is 0.259 e. The highest BCUT2D eigenvalue weighted by Gasteiger charge is 2.15. The zero-order valence-electron chi connectivity index (χ0n) is 14.6. The van der Waals surface area contributed by atoms with Crippen LogP contribution >= 0.6 is 27.5 Å². The highest BCUT2D eigenvalue weighted by molar-refractivity contribution is 9.10. The maximum atomic E-state index is 12.7. The number of halogens is 2. The van der Waals surface area contributed by atoms with Crippen LogP contribution in [0.1, 0.15) is 37.0 Å². The second-order valence-electron chi connectivity index (χ2n) is 5.52. The standard InChI is InChI=1S/C19H20BrClN2O3/c1-3-5-18(24)22-13-7-8-15(21)16(11-13)23-19(25)14-10-12(20)6-9-17(14)26-4-2/h6-11H,3-5H2,1-2H3,(H,22,24)(H,23,25). The third kappa shape index (κ3) is 5.47. The molecule has 0 unspecified atom stereocenters. The highest BCUT2D eigenvalue weighted by atomic mass is 79.9. The fraction of sp³-hybridized carbons (Fsp3) is 0.263. The quantitative estimate of drug-likeness (QED) is 0.599. The Morgan fingerprint density at radius 3 is 2.58 bits per heavy atom. The van der Waals surface area contributed by atoms with Crippen molar-refractivity contribution in [2.45, 2.75) is 26.7 Å². The minimum absolute atomic E-state index is 0.0854. The summed E-state index contributed by atoms with van der Waals surface area (Å²) in [6.07, 6.45) is 1.19. The van der Waals surface area contributed by atoms with Gasteiger partial charge in [0.1, 0.15) is 5.75 Å². The Kier molecular flexibility index (Phi) is 7.48. The Morgan fingerprint density at radius 1 is 1.12 bits per heavy atom. The van der Waals surface area contributed by atoms with E-state index in [0.717, 1.165) is 10.9 Å². The molecule has 2 aromatic carbocycles. The van der Waals surface area contributed by atoms with Crippen LogP contribution in [0.15, 0.2) is 40.9 Å². The van der Waals surface area contributed by atoms with Gasteiger partial charge in [-0.2, -0.15) is 0 Å². The number of ether oxygens (including phenoxy) is 1. The molecule has 0 spiro atoms. The van der Waals surface area contributed by atoms with Gasteiger partial charge in [-0.25, -0.2) is 0 Å². The molecule has 0 aliphatic carbocycles. The van der Waals surface area contributed by atoms with Crippen LogP contribution in [-0.2, 0) is 4.79 Å². The SMILES string of the molecule is CCCC(=O)Nc1ccc(Cl)c(NC(=O)c2cc(Br)ccc2OCC)c1. The van der Waals surface area contributed by atoms with Crippen LogP contribution in [0.5, 0.6) is 5.75 Å². The van der Waals surface area contributed by atoms with E-state index in [1.165, 1.54) is 0 Å². The normalized spacial score (nSPS) is 10.3. The van der Waals surface area contributed by atoms with Gasteiger partial charge in [0.2, 0.25) is 5.91 Å². The average molecular weight is 440 g/mol. The minimum atomic E-state index is -0.353. The fourth-order valence-corrected chi connectivity index (χ4v) is 2.83. The highest BCUT2D eigenvalue weighted by Crippen LogP contribution is 2.29. The van der Waals surface area contributed by atoms with Gasteiger partial charge >= 0.3 is 0 Å². The number of carbonyl (C=O) groups is 2. The number of rotatable bonds is 7. The largest absolute Gasteiger partial charge is 0.493 e. The van der Waals surface area contributed by atoms with E-state index in [-0.39, 0.29) is 11.8 Å². The van der Waals surface area contributed by atoms with E-state index >= 15 is 0 Å². The maximum absolute atomic E-state index is 12.7.